The number of aliphatic carboxylic acids is 1. The van der Waals surface area contributed by atoms with Crippen molar-refractivity contribution in [3.63, 3.8) is 0 Å². The molecule has 90 valence electrons. The monoisotopic (exact) mass is 273 g/mol. The molecule has 6 heteroatoms. The van der Waals surface area contributed by atoms with E-state index >= 15 is 0 Å². The molecule has 2 N–H and O–H groups in total. The molecule has 0 saturated carbocycles. The highest BCUT2D eigenvalue weighted by Gasteiger charge is 2.00. The normalized spacial score (nSPS) is 10.5. The van der Waals surface area contributed by atoms with E-state index in [1.54, 1.807) is 18.2 Å². The maximum absolute atomic E-state index is 11.2. The number of benzene rings is 1. The summed E-state index contributed by atoms with van der Waals surface area (Å²) in [6.45, 7) is -0.417. The molecule has 0 radical (unpaired) electrons. The van der Waals surface area contributed by atoms with Crippen molar-refractivity contribution < 1.29 is 14.7 Å². The molecule has 0 saturated heterocycles. The second-order valence-electron chi connectivity index (χ2n) is 3.15. The summed E-state index contributed by atoms with van der Waals surface area (Å²) in [4.78, 5) is 21.4. The summed E-state index contributed by atoms with van der Waals surface area (Å²) in [6.07, 6.45) is 2.71. The molecule has 1 amide bonds. The molecule has 0 atom stereocenters. The average Bonchev–Trinajstić information content (AvgIpc) is 2.22. The van der Waals surface area contributed by atoms with E-state index in [-0.39, 0.29) is 0 Å². The van der Waals surface area contributed by atoms with Crippen LogP contribution < -0.4 is 5.32 Å². The molecule has 1 rings (SSSR count). The first-order valence-electron chi connectivity index (χ1n) is 4.61. The van der Waals surface area contributed by atoms with Crippen LogP contribution in [0.15, 0.2) is 24.3 Å². The Morgan fingerprint density at radius 3 is 2.35 bits per heavy atom. The molecule has 0 spiro atoms. The highest BCUT2D eigenvalue weighted by Crippen LogP contribution is 2.19. The third-order valence-electron chi connectivity index (χ3n) is 1.73. The Labute approximate surface area is 108 Å². The van der Waals surface area contributed by atoms with E-state index in [0.717, 1.165) is 0 Å². The van der Waals surface area contributed by atoms with Crippen LogP contribution in [0.1, 0.15) is 5.56 Å². The molecule has 0 aliphatic heterocycles. The molecule has 0 aliphatic carbocycles. The highest BCUT2D eigenvalue weighted by atomic mass is 35.5. The zero-order valence-corrected chi connectivity index (χ0v) is 10.1. The first kappa shape index (κ1) is 13.5. The van der Waals surface area contributed by atoms with Crippen LogP contribution in [0, 0.1) is 0 Å². The first-order valence-corrected chi connectivity index (χ1v) is 5.37. The van der Waals surface area contributed by atoms with Crippen LogP contribution in [0.3, 0.4) is 0 Å². The predicted octanol–water partition coefficient (Wildman–Crippen LogP) is 2.21. The Balaban J connectivity index is 2.63. The maximum atomic E-state index is 11.2. The number of hydrogen-bond acceptors (Lipinski definition) is 2. The van der Waals surface area contributed by atoms with Gasteiger partial charge in [-0.15, -0.1) is 0 Å². The third kappa shape index (κ3) is 5.38. The quantitative estimate of drug-likeness (QED) is 0.827. The lowest BCUT2D eigenvalue weighted by atomic mass is 10.2. The van der Waals surface area contributed by atoms with Crippen LogP contribution in [0.5, 0.6) is 0 Å². The van der Waals surface area contributed by atoms with Crippen molar-refractivity contribution in [3.8, 4) is 0 Å². The van der Waals surface area contributed by atoms with Crippen LogP contribution in [-0.2, 0) is 9.59 Å². The Hall–Kier alpha value is -1.52. The van der Waals surface area contributed by atoms with Crippen molar-refractivity contribution in [2.75, 3.05) is 6.54 Å². The van der Waals surface area contributed by atoms with Gasteiger partial charge in [0.2, 0.25) is 5.91 Å². The van der Waals surface area contributed by atoms with Crippen molar-refractivity contribution in [1.82, 2.24) is 5.32 Å². The van der Waals surface area contributed by atoms with Crippen molar-refractivity contribution in [1.29, 1.82) is 0 Å². The fraction of sp³-hybridized carbons (Fsp3) is 0.0909. The minimum Gasteiger partial charge on any atom is -0.480 e. The first-order chi connectivity index (χ1) is 7.97. The summed E-state index contributed by atoms with van der Waals surface area (Å²) in [5.41, 5.74) is 0.660. The topological polar surface area (TPSA) is 66.4 Å². The van der Waals surface area contributed by atoms with Crippen LogP contribution in [0.4, 0.5) is 0 Å². The second-order valence-corrected chi connectivity index (χ2v) is 4.02. The molecule has 0 heterocycles. The lowest BCUT2D eigenvalue weighted by molar-refractivity contribution is -0.137. The van der Waals surface area contributed by atoms with E-state index < -0.39 is 18.4 Å². The van der Waals surface area contributed by atoms with Gasteiger partial charge in [0.1, 0.15) is 6.54 Å². The van der Waals surface area contributed by atoms with Crippen LogP contribution >= 0.6 is 23.2 Å². The maximum Gasteiger partial charge on any atom is 0.322 e. The molecular formula is C11H9Cl2NO3. The Morgan fingerprint density at radius 1 is 1.24 bits per heavy atom. The van der Waals surface area contributed by atoms with Gasteiger partial charge in [0.25, 0.3) is 0 Å². The van der Waals surface area contributed by atoms with Crippen molar-refractivity contribution in [2.24, 2.45) is 0 Å². The van der Waals surface area contributed by atoms with Gasteiger partial charge in [-0.1, -0.05) is 23.2 Å². The van der Waals surface area contributed by atoms with Crippen molar-refractivity contribution >= 4 is 41.2 Å². The lowest BCUT2D eigenvalue weighted by Gasteiger charge is -1.98. The number of carbonyl (C=O) groups excluding carboxylic acids is 1. The van der Waals surface area contributed by atoms with E-state index in [1.807, 2.05) is 0 Å². The summed E-state index contributed by atoms with van der Waals surface area (Å²) in [7, 11) is 0. The van der Waals surface area contributed by atoms with Crippen LogP contribution in [-0.4, -0.2) is 23.5 Å². The van der Waals surface area contributed by atoms with Gasteiger partial charge >= 0.3 is 5.97 Å². The molecule has 0 aromatic heterocycles. The average molecular weight is 274 g/mol. The largest absolute Gasteiger partial charge is 0.480 e. The summed E-state index contributed by atoms with van der Waals surface area (Å²) < 4.78 is 0. The van der Waals surface area contributed by atoms with E-state index in [1.165, 1.54) is 12.2 Å². The summed E-state index contributed by atoms with van der Waals surface area (Å²) in [5, 5.41) is 11.5. The fourth-order valence-corrected chi connectivity index (χ4v) is 1.61. The number of hydrogen-bond donors (Lipinski definition) is 2. The number of carboxylic acid groups (broad SMARTS) is 1. The minimum atomic E-state index is -1.10. The number of halogens is 2. The minimum absolute atomic E-state index is 0.417. The predicted molar refractivity (Wildman–Crippen MR) is 66.1 cm³/mol. The zero-order valence-electron chi connectivity index (χ0n) is 8.61. The van der Waals surface area contributed by atoms with Crippen molar-refractivity contribution in [3.05, 3.63) is 39.9 Å². The smallest absolute Gasteiger partial charge is 0.322 e. The molecule has 0 aliphatic rings. The van der Waals surface area contributed by atoms with Gasteiger partial charge in [0.05, 0.1) is 0 Å². The summed E-state index contributed by atoms with van der Waals surface area (Å²) in [5.74, 6) is -1.60. The van der Waals surface area contributed by atoms with E-state index in [2.05, 4.69) is 5.32 Å². The van der Waals surface area contributed by atoms with E-state index in [9.17, 15) is 9.59 Å². The molecule has 0 unspecified atom stereocenters. The van der Waals surface area contributed by atoms with E-state index in [4.69, 9.17) is 28.3 Å². The Bertz CT molecular complexity index is 452. The van der Waals surface area contributed by atoms with Crippen LogP contribution in [0.25, 0.3) is 6.08 Å². The van der Waals surface area contributed by atoms with Crippen LogP contribution in [0.2, 0.25) is 10.0 Å². The zero-order chi connectivity index (χ0) is 12.8. The lowest BCUT2D eigenvalue weighted by Crippen LogP contribution is -2.27. The Morgan fingerprint density at radius 2 is 1.82 bits per heavy atom. The number of carboxylic acids is 1. The molecule has 17 heavy (non-hydrogen) atoms. The number of nitrogens with one attached hydrogen (secondary N) is 1. The van der Waals surface area contributed by atoms with Gasteiger partial charge in [-0.3, -0.25) is 9.59 Å². The van der Waals surface area contributed by atoms with Crippen molar-refractivity contribution in [2.45, 2.75) is 0 Å². The Kier molecular flexibility index (Phi) is 5.00. The van der Waals surface area contributed by atoms with E-state index in [0.29, 0.717) is 15.6 Å². The van der Waals surface area contributed by atoms with Gasteiger partial charge in [-0.25, -0.2) is 0 Å². The number of rotatable bonds is 4. The second kappa shape index (κ2) is 6.27. The number of carbonyl (C=O) groups is 2. The van der Waals surface area contributed by atoms with Gasteiger partial charge in [0.15, 0.2) is 0 Å². The standard InChI is InChI=1S/C11H9Cl2NO3/c12-8-3-7(4-9(13)5-8)1-2-10(15)14-6-11(16)17/h1-5H,6H2,(H,14,15)(H,16,17)/b2-1+. The SMILES string of the molecule is O=C(O)CNC(=O)/C=C/c1cc(Cl)cc(Cl)c1. The van der Waals surface area contributed by atoms with Gasteiger partial charge in [-0.2, -0.15) is 0 Å². The molecule has 1 aromatic rings. The fourth-order valence-electron chi connectivity index (χ4n) is 1.06. The number of amides is 1. The highest BCUT2D eigenvalue weighted by molar-refractivity contribution is 6.34. The molecular weight excluding hydrogens is 265 g/mol. The molecule has 0 bridgehead atoms. The molecule has 1 aromatic carbocycles. The van der Waals surface area contributed by atoms with Gasteiger partial charge in [-0.05, 0) is 29.8 Å². The molecule has 0 fully saturated rings. The summed E-state index contributed by atoms with van der Waals surface area (Å²) >= 11 is 11.5. The van der Waals surface area contributed by atoms with Gasteiger partial charge < -0.3 is 10.4 Å². The third-order valence-corrected chi connectivity index (χ3v) is 2.16. The summed E-state index contributed by atoms with van der Waals surface area (Å²) in [6, 6.07) is 4.84. The molecule has 4 nitrogen and oxygen atoms in total. The van der Waals surface area contributed by atoms with Gasteiger partial charge in [0, 0.05) is 16.1 Å².